The van der Waals surface area contributed by atoms with Crippen LogP contribution in [-0.4, -0.2) is 35.8 Å². The summed E-state index contributed by atoms with van der Waals surface area (Å²) in [6, 6.07) is 9.15. The van der Waals surface area contributed by atoms with E-state index < -0.39 is 0 Å². The van der Waals surface area contributed by atoms with Crippen LogP contribution in [0.5, 0.6) is 5.75 Å². The Labute approximate surface area is 133 Å². The van der Waals surface area contributed by atoms with Crippen molar-refractivity contribution in [2.75, 3.05) is 13.1 Å². The molecule has 1 aromatic rings. The zero-order valence-corrected chi connectivity index (χ0v) is 13.8. The van der Waals surface area contributed by atoms with Gasteiger partial charge >= 0.3 is 0 Å². The number of ether oxygens (including phenoxy) is 2. The molecule has 2 aliphatic heterocycles. The van der Waals surface area contributed by atoms with E-state index in [1.165, 1.54) is 31.2 Å². The van der Waals surface area contributed by atoms with E-state index in [2.05, 4.69) is 43.0 Å². The Bertz CT molecular complexity index is 528. The molecule has 2 heterocycles. The fourth-order valence-electron chi connectivity index (χ4n) is 4.71. The van der Waals surface area contributed by atoms with Gasteiger partial charge in [0.1, 0.15) is 11.4 Å². The molecule has 22 heavy (non-hydrogen) atoms. The van der Waals surface area contributed by atoms with E-state index in [-0.39, 0.29) is 5.60 Å². The zero-order chi connectivity index (χ0) is 15.2. The molecule has 4 rings (SSSR count). The van der Waals surface area contributed by atoms with Gasteiger partial charge in [0.2, 0.25) is 0 Å². The summed E-state index contributed by atoms with van der Waals surface area (Å²) in [6.45, 7) is 6.44. The van der Waals surface area contributed by atoms with Gasteiger partial charge in [-0.05, 0) is 45.6 Å². The van der Waals surface area contributed by atoms with Crippen molar-refractivity contribution < 1.29 is 9.47 Å². The van der Waals surface area contributed by atoms with Crippen molar-refractivity contribution >= 4 is 0 Å². The SMILES string of the molecule is CC1CN(C2CC3(CCCC3)Oc3ccccc32)CC(C)O1. The van der Waals surface area contributed by atoms with Gasteiger partial charge in [0.25, 0.3) is 0 Å². The van der Waals surface area contributed by atoms with Crippen molar-refractivity contribution in [1.82, 2.24) is 4.90 Å². The molecule has 1 saturated carbocycles. The highest BCUT2D eigenvalue weighted by molar-refractivity contribution is 5.39. The maximum Gasteiger partial charge on any atom is 0.124 e. The molecule has 1 spiro atoms. The molecular formula is C19H27NO2. The van der Waals surface area contributed by atoms with Crippen LogP contribution < -0.4 is 4.74 Å². The molecule has 3 aliphatic rings. The van der Waals surface area contributed by atoms with Gasteiger partial charge in [0.15, 0.2) is 0 Å². The average Bonchev–Trinajstić information content (AvgIpc) is 2.93. The lowest BCUT2D eigenvalue weighted by molar-refractivity contribution is -0.0953. The lowest BCUT2D eigenvalue weighted by Gasteiger charge is -2.47. The first-order chi connectivity index (χ1) is 10.7. The number of benzene rings is 1. The van der Waals surface area contributed by atoms with Crippen molar-refractivity contribution in [2.24, 2.45) is 0 Å². The molecule has 1 aromatic carbocycles. The summed E-state index contributed by atoms with van der Waals surface area (Å²) >= 11 is 0. The first-order valence-corrected chi connectivity index (χ1v) is 8.83. The molecule has 3 heteroatoms. The Morgan fingerprint density at radius 3 is 2.45 bits per heavy atom. The fraction of sp³-hybridized carbons (Fsp3) is 0.684. The molecular weight excluding hydrogens is 274 g/mol. The number of fused-ring (bicyclic) bond motifs is 1. The van der Waals surface area contributed by atoms with E-state index in [1.54, 1.807) is 0 Å². The standard InChI is InChI=1S/C19H27NO2/c1-14-12-20(13-15(2)21-14)17-11-19(9-5-6-10-19)22-18-8-4-3-7-16(17)18/h3-4,7-8,14-15,17H,5-6,9-13H2,1-2H3. The first-order valence-electron chi connectivity index (χ1n) is 8.83. The second-order valence-electron chi connectivity index (χ2n) is 7.46. The Balaban J connectivity index is 1.67. The second kappa shape index (κ2) is 5.54. The molecule has 0 N–H and O–H groups in total. The van der Waals surface area contributed by atoms with Gasteiger partial charge in [0.05, 0.1) is 12.2 Å². The topological polar surface area (TPSA) is 21.7 Å². The normalized spacial score (nSPS) is 34.4. The summed E-state index contributed by atoms with van der Waals surface area (Å²) in [7, 11) is 0. The zero-order valence-electron chi connectivity index (χ0n) is 13.8. The minimum absolute atomic E-state index is 0.0871. The maximum absolute atomic E-state index is 6.50. The minimum Gasteiger partial charge on any atom is -0.487 e. The molecule has 3 nitrogen and oxygen atoms in total. The predicted octanol–water partition coefficient (Wildman–Crippen LogP) is 3.93. The van der Waals surface area contributed by atoms with E-state index in [1.807, 2.05) is 0 Å². The van der Waals surface area contributed by atoms with Crippen LogP contribution in [0.25, 0.3) is 0 Å². The molecule has 1 saturated heterocycles. The quantitative estimate of drug-likeness (QED) is 0.784. The summed E-state index contributed by atoms with van der Waals surface area (Å²) in [6.07, 6.45) is 6.83. The van der Waals surface area contributed by atoms with E-state index in [4.69, 9.17) is 9.47 Å². The molecule has 120 valence electrons. The smallest absolute Gasteiger partial charge is 0.124 e. The van der Waals surface area contributed by atoms with Crippen LogP contribution in [-0.2, 0) is 4.74 Å². The Morgan fingerprint density at radius 2 is 1.73 bits per heavy atom. The van der Waals surface area contributed by atoms with Gasteiger partial charge in [-0.3, -0.25) is 4.90 Å². The van der Waals surface area contributed by atoms with Gasteiger partial charge in [-0.1, -0.05) is 18.2 Å². The molecule has 1 aliphatic carbocycles. The Kier molecular flexibility index (Phi) is 3.66. The van der Waals surface area contributed by atoms with Crippen LogP contribution in [0.4, 0.5) is 0 Å². The monoisotopic (exact) mass is 301 g/mol. The summed E-state index contributed by atoms with van der Waals surface area (Å²) < 4.78 is 12.4. The molecule has 0 bridgehead atoms. The van der Waals surface area contributed by atoms with Crippen LogP contribution in [0.1, 0.15) is 57.6 Å². The number of hydrogen-bond donors (Lipinski definition) is 0. The van der Waals surface area contributed by atoms with Crippen molar-refractivity contribution in [2.45, 2.75) is 69.8 Å². The fourth-order valence-corrected chi connectivity index (χ4v) is 4.71. The van der Waals surface area contributed by atoms with E-state index in [0.29, 0.717) is 18.2 Å². The third kappa shape index (κ3) is 2.55. The van der Waals surface area contributed by atoms with E-state index in [0.717, 1.165) is 25.3 Å². The Morgan fingerprint density at radius 1 is 1.05 bits per heavy atom. The summed E-state index contributed by atoms with van der Waals surface area (Å²) in [5, 5.41) is 0. The number of nitrogens with zero attached hydrogens (tertiary/aromatic N) is 1. The largest absolute Gasteiger partial charge is 0.487 e. The van der Waals surface area contributed by atoms with Gasteiger partial charge in [-0.2, -0.15) is 0 Å². The van der Waals surface area contributed by atoms with Crippen molar-refractivity contribution in [1.29, 1.82) is 0 Å². The number of rotatable bonds is 1. The number of para-hydroxylation sites is 1. The van der Waals surface area contributed by atoms with Gasteiger partial charge in [-0.15, -0.1) is 0 Å². The van der Waals surface area contributed by atoms with Crippen LogP contribution in [0.15, 0.2) is 24.3 Å². The first kappa shape index (κ1) is 14.5. The molecule has 2 fully saturated rings. The average molecular weight is 301 g/mol. The maximum atomic E-state index is 6.50. The molecule has 0 radical (unpaired) electrons. The summed E-state index contributed by atoms with van der Waals surface area (Å²) in [4.78, 5) is 2.64. The highest BCUT2D eigenvalue weighted by atomic mass is 16.5. The highest BCUT2D eigenvalue weighted by Gasteiger charge is 2.45. The van der Waals surface area contributed by atoms with E-state index in [9.17, 15) is 0 Å². The van der Waals surface area contributed by atoms with Gasteiger partial charge in [-0.25, -0.2) is 0 Å². The van der Waals surface area contributed by atoms with Crippen molar-refractivity contribution in [3.05, 3.63) is 29.8 Å². The lowest BCUT2D eigenvalue weighted by Crippen LogP contribution is -2.50. The minimum atomic E-state index is 0.0871. The second-order valence-corrected chi connectivity index (χ2v) is 7.46. The Hall–Kier alpha value is -1.06. The van der Waals surface area contributed by atoms with Gasteiger partial charge < -0.3 is 9.47 Å². The molecule has 3 unspecified atom stereocenters. The molecule has 0 amide bonds. The van der Waals surface area contributed by atoms with Gasteiger partial charge in [0, 0.05) is 31.1 Å². The summed E-state index contributed by atoms with van der Waals surface area (Å²) in [5.41, 5.74) is 1.46. The third-order valence-corrected chi connectivity index (χ3v) is 5.57. The molecule has 0 aromatic heterocycles. The van der Waals surface area contributed by atoms with Crippen molar-refractivity contribution in [3.8, 4) is 5.75 Å². The number of hydrogen-bond acceptors (Lipinski definition) is 3. The summed E-state index contributed by atoms with van der Waals surface area (Å²) in [5.74, 6) is 1.12. The molecule has 3 atom stereocenters. The highest BCUT2D eigenvalue weighted by Crippen LogP contribution is 2.49. The van der Waals surface area contributed by atoms with E-state index >= 15 is 0 Å². The third-order valence-electron chi connectivity index (χ3n) is 5.57. The van der Waals surface area contributed by atoms with Crippen LogP contribution in [0.2, 0.25) is 0 Å². The van der Waals surface area contributed by atoms with Crippen LogP contribution >= 0.6 is 0 Å². The predicted molar refractivity (Wildman–Crippen MR) is 87.2 cm³/mol. The van der Waals surface area contributed by atoms with Crippen LogP contribution in [0.3, 0.4) is 0 Å². The lowest BCUT2D eigenvalue weighted by atomic mass is 9.84. The van der Waals surface area contributed by atoms with Crippen molar-refractivity contribution in [3.63, 3.8) is 0 Å². The van der Waals surface area contributed by atoms with Crippen LogP contribution in [0, 0.1) is 0 Å². The number of morpholine rings is 1.